The molecule has 0 radical (unpaired) electrons. The minimum atomic E-state index is 0.942. The molecule has 1 aliphatic heterocycles. The van der Waals surface area contributed by atoms with Crippen LogP contribution in [-0.4, -0.2) is 9.55 Å². The topological polar surface area (TPSA) is 17.8 Å². The van der Waals surface area contributed by atoms with Crippen LogP contribution < -0.4 is 0 Å². The van der Waals surface area contributed by atoms with Gasteiger partial charge in [0, 0.05) is 11.1 Å². The Balaban J connectivity index is 2.01. The van der Waals surface area contributed by atoms with Gasteiger partial charge in [0.15, 0.2) is 0 Å². The molecular weight excluding hydrogens is 232 g/mol. The van der Waals surface area contributed by atoms with Crippen molar-refractivity contribution in [3.8, 4) is 22.5 Å². The molecule has 0 atom stereocenters. The zero-order valence-corrected chi connectivity index (χ0v) is 10.8. The van der Waals surface area contributed by atoms with E-state index < -0.39 is 0 Å². The molecular formula is C17H14N2. The molecule has 0 aliphatic carbocycles. The number of aryl methyl sites for hydroxylation is 1. The summed E-state index contributed by atoms with van der Waals surface area (Å²) in [5.41, 5.74) is 6.26. The monoisotopic (exact) mass is 246 g/mol. The fourth-order valence-electron chi connectivity index (χ4n) is 2.89. The minimum Gasteiger partial charge on any atom is -0.323 e. The minimum absolute atomic E-state index is 0.942. The molecule has 2 heterocycles. The average molecular weight is 246 g/mol. The summed E-state index contributed by atoms with van der Waals surface area (Å²) in [6.45, 7) is 3.03. The molecule has 2 aromatic carbocycles. The molecule has 3 aromatic rings. The zero-order valence-electron chi connectivity index (χ0n) is 10.8. The quantitative estimate of drug-likeness (QED) is 0.498. The Morgan fingerprint density at radius 3 is 2.53 bits per heavy atom. The van der Waals surface area contributed by atoms with Crippen molar-refractivity contribution in [2.45, 2.75) is 13.5 Å². The summed E-state index contributed by atoms with van der Waals surface area (Å²) < 4.78 is 2.31. The van der Waals surface area contributed by atoms with Crippen LogP contribution >= 0.6 is 0 Å². The normalized spacial score (nSPS) is 12.3. The third kappa shape index (κ3) is 1.46. The Bertz CT molecular complexity index is 754. The van der Waals surface area contributed by atoms with Gasteiger partial charge in [-0.3, -0.25) is 0 Å². The second-order valence-corrected chi connectivity index (χ2v) is 4.97. The van der Waals surface area contributed by atoms with E-state index in [1.165, 1.54) is 22.4 Å². The van der Waals surface area contributed by atoms with Gasteiger partial charge in [0.2, 0.25) is 0 Å². The first-order chi connectivity index (χ1) is 9.34. The van der Waals surface area contributed by atoms with Crippen LogP contribution in [0.2, 0.25) is 0 Å². The van der Waals surface area contributed by atoms with Gasteiger partial charge in [0.05, 0.1) is 17.9 Å². The van der Waals surface area contributed by atoms with E-state index in [2.05, 4.69) is 60.0 Å². The number of imidazole rings is 1. The highest BCUT2D eigenvalue weighted by Crippen LogP contribution is 2.39. The van der Waals surface area contributed by atoms with Crippen molar-refractivity contribution in [2.75, 3.05) is 0 Å². The van der Waals surface area contributed by atoms with Gasteiger partial charge in [-0.1, -0.05) is 54.6 Å². The van der Waals surface area contributed by atoms with Crippen molar-refractivity contribution in [1.82, 2.24) is 9.55 Å². The standard InChI is InChI=1S/C17H14N2/c1-12-18-16(13-7-3-2-4-8-13)17-15-10-6-5-9-14(15)11-19(12)17/h2-10H,11H2,1H3. The van der Waals surface area contributed by atoms with Gasteiger partial charge in [-0.15, -0.1) is 0 Å². The molecule has 0 spiro atoms. The molecule has 2 nitrogen and oxygen atoms in total. The van der Waals surface area contributed by atoms with E-state index in [1.54, 1.807) is 0 Å². The number of fused-ring (bicyclic) bond motifs is 3. The molecule has 0 fully saturated rings. The number of aromatic nitrogens is 2. The number of hydrogen-bond acceptors (Lipinski definition) is 1. The van der Waals surface area contributed by atoms with Crippen molar-refractivity contribution >= 4 is 0 Å². The molecule has 0 bridgehead atoms. The summed E-state index contributed by atoms with van der Waals surface area (Å²) in [6, 6.07) is 19.0. The fourth-order valence-corrected chi connectivity index (χ4v) is 2.89. The summed E-state index contributed by atoms with van der Waals surface area (Å²) in [5, 5.41) is 0. The smallest absolute Gasteiger partial charge is 0.107 e. The van der Waals surface area contributed by atoms with Crippen molar-refractivity contribution in [2.24, 2.45) is 0 Å². The molecule has 19 heavy (non-hydrogen) atoms. The van der Waals surface area contributed by atoms with Crippen LogP contribution in [0.25, 0.3) is 22.5 Å². The van der Waals surface area contributed by atoms with E-state index in [1.807, 2.05) is 6.07 Å². The number of nitrogens with zero attached hydrogens (tertiary/aromatic N) is 2. The van der Waals surface area contributed by atoms with Crippen LogP contribution in [0.4, 0.5) is 0 Å². The summed E-state index contributed by atoms with van der Waals surface area (Å²) in [7, 11) is 0. The van der Waals surface area contributed by atoms with Crippen molar-refractivity contribution in [3.05, 3.63) is 66.0 Å². The maximum Gasteiger partial charge on any atom is 0.107 e. The van der Waals surface area contributed by atoms with E-state index in [-0.39, 0.29) is 0 Å². The molecule has 0 saturated carbocycles. The Morgan fingerprint density at radius 1 is 0.947 bits per heavy atom. The van der Waals surface area contributed by atoms with E-state index in [9.17, 15) is 0 Å². The van der Waals surface area contributed by atoms with Crippen molar-refractivity contribution in [1.29, 1.82) is 0 Å². The van der Waals surface area contributed by atoms with E-state index in [0.717, 1.165) is 18.1 Å². The predicted molar refractivity (Wildman–Crippen MR) is 76.9 cm³/mol. The lowest BCUT2D eigenvalue weighted by atomic mass is 10.0. The second kappa shape index (κ2) is 3.82. The van der Waals surface area contributed by atoms with Gasteiger partial charge in [0.25, 0.3) is 0 Å². The van der Waals surface area contributed by atoms with Crippen molar-refractivity contribution in [3.63, 3.8) is 0 Å². The highest BCUT2D eigenvalue weighted by atomic mass is 15.1. The highest BCUT2D eigenvalue weighted by Gasteiger charge is 2.25. The molecule has 1 aromatic heterocycles. The summed E-state index contributed by atoms with van der Waals surface area (Å²) in [5.74, 6) is 1.09. The van der Waals surface area contributed by atoms with E-state index >= 15 is 0 Å². The van der Waals surface area contributed by atoms with Gasteiger partial charge in [-0.25, -0.2) is 4.98 Å². The SMILES string of the molecule is Cc1nc(-c2ccccc2)c2n1Cc1ccccc1-2. The number of benzene rings is 2. The molecule has 0 saturated heterocycles. The first-order valence-electron chi connectivity index (χ1n) is 6.55. The highest BCUT2D eigenvalue weighted by molar-refractivity contribution is 5.82. The van der Waals surface area contributed by atoms with Gasteiger partial charge >= 0.3 is 0 Å². The van der Waals surface area contributed by atoms with Crippen LogP contribution in [-0.2, 0) is 6.54 Å². The maximum atomic E-state index is 4.76. The van der Waals surface area contributed by atoms with Gasteiger partial charge < -0.3 is 4.57 Å². The first-order valence-corrected chi connectivity index (χ1v) is 6.55. The lowest BCUT2D eigenvalue weighted by Crippen LogP contribution is -1.95. The van der Waals surface area contributed by atoms with Crippen LogP contribution in [0.3, 0.4) is 0 Å². The maximum absolute atomic E-state index is 4.76. The Kier molecular flexibility index (Phi) is 2.12. The first kappa shape index (κ1) is 10.6. The van der Waals surface area contributed by atoms with Crippen LogP contribution in [0.1, 0.15) is 11.4 Å². The molecule has 1 aliphatic rings. The Hall–Kier alpha value is -2.35. The molecule has 0 unspecified atom stereocenters. The van der Waals surface area contributed by atoms with Gasteiger partial charge in [-0.05, 0) is 12.5 Å². The Morgan fingerprint density at radius 2 is 1.68 bits per heavy atom. The summed E-state index contributed by atoms with van der Waals surface area (Å²) in [4.78, 5) is 4.76. The molecule has 2 heteroatoms. The third-order valence-corrected chi connectivity index (χ3v) is 3.81. The average Bonchev–Trinajstić information content (AvgIpc) is 2.98. The van der Waals surface area contributed by atoms with E-state index in [4.69, 9.17) is 4.98 Å². The number of rotatable bonds is 1. The van der Waals surface area contributed by atoms with Gasteiger partial charge in [0.1, 0.15) is 5.82 Å². The van der Waals surface area contributed by atoms with Crippen LogP contribution in [0, 0.1) is 6.92 Å². The molecule has 92 valence electrons. The summed E-state index contributed by atoms with van der Waals surface area (Å²) in [6.07, 6.45) is 0. The van der Waals surface area contributed by atoms with E-state index in [0.29, 0.717) is 0 Å². The summed E-state index contributed by atoms with van der Waals surface area (Å²) >= 11 is 0. The van der Waals surface area contributed by atoms with Crippen molar-refractivity contribution < 1.29 is 0 Å². The lowest BCUT2D eigenvalue weighted by Gasteiger charge is -2.02. The Labute approximate surface area is 112 Å². The molecule has 4 rings (SSSR count). The zero-order chi connectivity index (χ0) is 12.8. The molecule has 0 amide bonds. The third-order valence-electron chi connectivity index (χ3n) is 3.81. The number of hydrogen-bond donors (Lipinski definition) is 0. The second-order valence-electron chi connectivity index (χ2n) is 4.97. The lowest BCUT2D eigenvalue weighted by molar-refractivity contribution is 0.798. The van der Waals surface area contributed by atoms with Crippen LogP contribution in [0.15, 0.2) is 54.6 Å². The molecule has 0 N–H and O–H groups in total. The fraction of sp³-hybridized carbons (Fsp3) is 0.118. The predicted octanol–water partition coefficient (Wildman–Crippen LogP) is 3.89. The van der Waals surface area contributed by atoms with Gasteiger partial charge in [-0.2, -0.15) is 0 Å². The van der Waals surface area contributed by atoms with Crippen LogP contribution in [0.5, 0.6) is 0 Å². The largest absolute Gasteiger partial charge is 0.323 e.